The summed E-state index contributed by atoms with van der Waals surface area (Å²) in [6.45, 7) is 5.12. The number of carbonyl (C=O) groups is 2. The van der Waals surface area contributed by atoms with Crippen molar-refractivity contribution in [1.82, 2.24) is 16.0 Å². The van der Waals surface area contributed by atoms with Crippen LogP contribution in [0.2, 0.25) is 0 Å². The summed E-state index contributed by atoms with van der Waals surface area (Å²) < 4.78 is 0. The molecule has 2 amide bonds. The molecule has 0 aromatic carbocycles. The second-order valence-electron chi connectivity index (χ2n) is 3.53. The maximum Gasteiger partial charge on any atom is 0.239 e. The van der Waals surface area contributed by atoms with Crippen molar-refractivity contribution in [3.63, 3.8) is 0 Å². The Morgan fingerprint density at radius 1 is 1.25 bits per heavy atom. The maximum atomic E-state index is 11.4. The molecule has 5 nitrogen and oxygen atoms in total. The van der Waals surface area contributed by atoms with E-state index in [1.807, 2.05) is 13.8 Å². The minimum atomic E-state index is -0.137. The molecule has 0 spiro atoms. The fourth-order valence-corrected chi connectivity index (χ4v) is 1.07. The molecule has 96 valence electrons. The lowest BCUT2D eigenvalue weighted by Crippen LogP contribution is -2.41. The second-order valence-corrected chi connectivity index (χ2v) is 3.53. The largest absolute Gasteiger partial charge is 0.355 e. The molecule has 3 N–H and O–H groups in total. The zero-order chi connectivity index (χ0) is 11.7. The van der Waals surface area contributed by atoms with Gasteiger partial charge in [0.1, 0.15) is 0 Å². The minimum Gasteiger partial charge on any atom is -0.355 e. The first-order valence-corrected chi connectivity index (χ1v) is 5.30. The molecule has 0 aromatic heterocycles. The molecule has 6 heteroatoms. The van der Waals surface area contributed by atoms with Crippen molar-refractivity contribution in [2.24, 2.45) is 5.92 Å². The van der Waals surface area contributed by atoms with E-state index in [-0.39, 0.29) is 36.7 Å². The molecule has 16 heavy (non-hydrogen) atoms. The average Bonchev–Trinajstić information content (AvgIpc) is 2.23. The Balaban J connectivity index is 0. The van der Waals surface area contributed by atoms with Gasteiger partial charge in [0.15, 0.2) is 0 Å². The van der Waals surface area contributed by atoms with Crippen molar-refractivity contribution in [3.8, 4) is 0 Å². The summed E-state index contributed by atoms with van der Waals surface area (Å²) in [5.74, 6) is -0.355. The van der Waals surface area contributed by atoms with Gasteiger partial charge in [-0.15, -0.1) is 12.4 Å². The Hall–Kier alpha value is -0.810. The minimum absolute atomic E-state index is 0. The lowest BCUT2D eigenvalue weighted by molar-refractivity contribution is -0.128. The molecule has 0 aromatic rings. The number of nitrogens with one attached hydrogen (secondary N) is 3. The van der Waals surface area contributed by atoms with E-state index in [0.717, 1.165) is 6.42 Å². The quantitative estimate of drug-likeness (QED) is 0.592. The highest BCUT2D eigenvalue weighted by molar-refractivity contribution is 5.85. The van der Waals surface area contributed by atoms with E-state index in [0.29, 0.717) is 13.1 Å². The van der Waals surface area contributed by atoms with Crippen molar-refractivity contribution < 1.29 is 9.59 Å². The van der Waals surface area contributed by atoms with E-state index in [1.54, 1.807) is 7.05 Å². The van der Waals surface area contributed by atoms with Gasteiger partial charge in [0, 0.05) is 19.0 Å². The molecular formula is C10H22ClN3O2. The van der Waals surface area contributed by atoms with Gasteiger partial charge in [0.25, 0.3) is 0 Å². The molecule has 0 heterocycles. The molecule has 0 saturated carbocycles. The van der Waals surface area contributed by atoms with Crippen molar-refractivity contribution in [2.75, 3.05) is 26.7 Å². The average molecular weight is 252 g/mol. The van der Waals surface area contributed by atoms with Crippen molar-refractivity contribution in [3.05, 3.63) is 0 Å². The Bertz CT molecular complexity index is 212. The van der Waals surface area contributed by atoms with Crippen LogP contribution < -0.4 is 16.0 Å². The molecule has 1 unspecified atom stereocenters. The molecule has 0 aliphatic rings. The monoisotopic (exact) mass is 251 g/mol. The first-order chi connectivity index (χ1) is 7.11. The third-order valence-corrected chi connectivity index (χ3v) is 1.95. The molecule has 0 rings (SSSR count). The number of hydrogen-bond donors (Lipinski definition) is 3. The predicted octanol–water partition coefficient (Wildman–Crippen LogP) is -0.0939. The lowest BCUT2D eigenvalue weighted by Gasteiger charge is -2.11. The predicted molar refractivity (Wildman–Crippen MR) is 66.6 cm³/mol. The summed E-state index contributed by atoms with van der Waals surface area (Å²) in [5.41, 5.74) is 0. The first kappa shape index (κ1) is 17.6. The highest BCUT2D eigenvalue weighted by Gasteiger charge is 2.12. The fraction of sp³-hybridized carbons (Fsp3) is 0.800. The summed E-state index contributed by atoms with van der Waals surface area (Å²) in [6.07, 6.45) is 0.899. The number of rotatable bonds is 7. The highest BCUT2D eigenvalue weighted by atomic mass is 35.5. The third-order valence-electron chi connectivity index (χ3n) is 1.95. The lowest BCUT2D eigenvalue weighted by atomic mass is 10.1. The molecule has 0 bridgehead atoms. The van der Waals surface area contributed by atoms with Crippen molar-refractivity contribution >= 4 is 24.2 Å². The smallest absolute Gasteiger partial charge is 0.239 e. The second kappa shape index (κ2) is 10.7. The zero-order valence-corrected chi connectivity index (χ0v) is 10.9. The van der Waals surface area contributed by atoms with E-state index in [4.69, 9.17) is 0 Å². The van der Waals surface area contributed by atoms with Gasteiger partial charge < -0.3 is 16.0 Å². The third kappa shape index (κ3) is 8.49. The van der Waals surface area contributed by atoms with Crippen LogP contribution in [0.25, 0.3) is 0 Å². The van der Waals surface area contributed by atoms with Gasteiger partial charge in [-0.2, -0.15) is 0 Å². The number of hydrogen-bond acceptors (Lipinski definition) is 3. The van der Waals surface area contributed by atoms with E-state index in [1.165, 1.54) is 0 Å². The van der Waals surface area contributed by atoms with Crippen LogP contribution in [0, 0.1) is 5.92 Å². The number of amides is 2. The first-order valence-electron chi connectivity index (χ1n) is 5.30. The van der Waals surface area contributed by atoms with Crippen LogP contribution in [-0.4, -0.2) is 38.5 Å². The standard InChI is InChI=1S/C10H21N3O2.ClH/c1-4-5-12-9(14)7-13-10(15)8(2)6-11-3;/h8,11H,4-7H2,1-3H3,(H,12,14)(H,13,15);1H. The fourth-order valence-electron chi connectivity index (χ4n) is 1.07. The van der Waals surface area contributed by atoms with Crippen LogP contribution in [0.5, 0.6) is 0 Å². The van der Waals surface area contributed by atoms with Gasteiger partial charge in [0.05, 0.1) is 6.54 Å². The van der Waals surface area contributed by atoms with Gasteiger partial charge in [0.2, 0.25) is 11.8 Å². The summed E-state index contributed by atoms with van der Waals surface area (Å²) >= 11 is 0. The van der Waals surface area contributed by atoms with Crippen LogP contribution in [0.1, 0.15) is 20.3 Å². The van der Waals surface area contributed by atoms with Crippen LogP contribution in [0.15, 0.2) is 0 Å². The normalized spacial score (nSPS) is 11.2. The maximum absolute atomic E-state index is 11.4. The number of carbonyl (C=O) groups excluding carboxylic acids is 2. The molecular weight excluding hydrogens is 230 g/mol. The van der Waals surface area contributed by atoms with E-state index >= 15 is 0 Å². The Labute approximate surface area is 103 Å². The van der Waals surface area contributed by atoms with E-state index in [9.17, 15) is 9.59 Å². The van der Waals surface area contributed by atoms with Gasteiger partial charge in [-0.25, -0.2) is 0 Å². The van der Waals surface area contributed by atoms with Crippen molar-refractivity contribution in [2.45, 2.75) is 20.3 Å². The molecule has 0 aliphatic carbocycles. The van der Waals surface area contributed by atoms with Gasteiger partial charge >= 0.3 is 0 Å². The zero-order valence-electron chi connectivity index (χ0n) is 10.1. The number of halogens is 1. The summed E-state index contributed by atoms with van der Waals surface area (Å²) in [7, 11) is 1.79. The van der Waals surface area contributed by atoms with Gasteiger partial charge in [-0.1, -0.05) is 13.8 Å². The molecule has 1 atom stereocenters. The van der Waals surface area contributed by atoms with Crippen molar-refractivity contribution in [1.29, 1.82) is 0 Å². The Morgan fingerprint density at radius 3 is 2.38 bits per heavy atom. The Morgan fingerprint density at radius 2 is 1.88 bits per heavy atom. The van der Waals surface area contributed by atoms with Gasteiger partial charge in [-0.3, -0.25) is 9.59 Å². The van der Waals surface area contributed by atoms with Crippen LogP contribution in [0.3, 0.4) is 0 Å². The van der Waals surface area contributed by atoms with Gasteiger partial charge in [-0.05, 0) is 13.5 Å². The molecule has 0 saturated heterocycles. The van der Waals surface area contributed by atoms with Crippen LogP contribution in [-0.2, 0) is 9.59 Å². The summed E-state index contributed by atoms with van der Waals surface area (Å²) in [5, 5.41) is 8.18. The van der Waals surface area contributed by atoms with E-state index in [2.05, 4.69) is 16.0 Å². The highest BCUT2D eigenvalue weighted by Crippen LogP contribution is 1.90. The van der Waals surface area contributed by atoms with Crippen LogP contribution in [0.4, 0.5) is 0 Å². The molecule has 0 aliphatic heterocycles. The van der Waals surface area contributed by atoms with E-state index < -0.39 is 0 Å². The Kier molecular flexibility index (Phi) is 11.8. The molecule has 0 radical (unpaired) electrons. The topological polar surface area (TPSA) is 70.2 Å². The van der Waals surface area contributed by atoms with Crippen LogP contribution >= 0.6 is 12.4 Å². The summed E-state index contributed by atoms with van der Waals surface area (Å²) in [4.78, 5) is 22.5. The summed E-state index contributed by atoms with van der Waals surface area (Å²) in [6, 6.07) is 0. The SMILES string of the molecule is CCCNC(=O)CNC(=O)C(C)CNC.Cl. The molecule has 0 fully saturated rings.